The Morgan fingerprint density at radius 3 is 2.54 bits per heavy atom. The number of hydrogen-bond donors (Lipinski definition) is 3. The summed E-state index contributed by atoms with van der Waals surface area (Å²) < 4.78 is 7.04. The van der Waals surface area contributed by atoms with Crippen molar-refractivity contribution in [2.75, 3.05) is 16.5 Å². The fraction of sp³-hybridized carbons (Fsp3) is 0.158. The maximum Gasteiger partial charge on any atom is 0.277 e. The van der Waals surface area contributed by atoms with Gasteiger partial charge in [0.15, 0.2) is 5.69 Å². The highest BCUT2D eigenvalue weighted by Gasteiger charge is 2.09. The maximum absolute atomic E-state index is 11.9. The third-order valence-electron chi connectivity index (χ3n) is 3.88. The molecule has 1 aromatic heterocycles. The summed E-state index contributed by atoms with van der Waals surface area (Å²) in [6, 6.07) is 17.3. The van der Waals surface area contributed by atoms with Gasteiger partial charge in [0.1, 0.15) is 0 Å². The molecule has 0 aliphatic carbocycles. The normalized spacial score (nSPS) is 11.4. The number of anilines is 2. The zero-order valence-corrected chi connectivity index (χ0v) is 16.7. The van der Waals surface area contributed by atoms with Crippen molar-refractivity contribution in [1.82, 2.24) is 14.3 Å². The van der Waals surface area contributed by atoms with Crippen LogP contribution in [0.2, 0.25) is 0 Å². The predicted octanol–water partition coefficient (Wildman–Crippen LogP) is 4.03. The lowest BCUT2D eigenvalue weighted by Gasteiger charge is -2.14. The van der Waals surface area contributed by atoms with Crippen molar-refractivity contribution in [3.8, 4) is 6.07 Å². The molecule has 3 rings (SSSR count). The molecule has 0 fully saturated rings. The molecule has 142 valence electrons. The number of nitrogens with zero attached hydrogens (tertiary/aromatic N) is 3. The van der Waals surface area contributed by atoms with Crippen molar-refractivity contribution in [2.24, 2.45) is 0 Å². The summed E-state index contributed by atoms with van der Waals surface area (Å²) in [6.45, 7) is 2.07. The van der Waals surface area contributed by atoms with E-state index in [1.54, 1.807) is 17.3 Å². The third kappa shape index (κ3) is 5.53. The molecule has 0 saturated carbocycles. The molecule has 0 aliphatic heterocycles. The molecule has 9 heteroatoms. The highest BCUT2D eigenvalue weighted by Crippen LogP contribution is 2.18. The second-order valence-corrected chi connectivity index (χ2v) is 7.28. The second kappa shape index (κ2) is 9.85. The molecule has 0 aliphatic rings. The largest absolute Gasteiger partial charge is 0.375 e. The van der Waals surface area contributed by atoms with Gasteiger partial charge in [0.2, 0.25) is 0 Å². The molecule has 0 saturated heterocycles. The minimum atomic E-state index is -0.272. The highest BCUT2D eigenvalue weighted by molar-refractivity contribution is 7.97. The van der Waals surface area contributed by atoms with Crippen molar-refractivity contribution in [2.45, 2.75) is 13.0 Å². The van der Waals surface area contributed by atoms with E-state index in [2.05, 4.69) is 37.9 Å². The monoisotopic (exact) mass is 410 g/mol. The van der Waals surface area contributed by atoms with E-state index in [1.807, 2.05) is 48.5 Å². The standard InChI is InChI=1S/C19H18N6OS2/c1-13(15-4-2-14(10-20)3-5-15)24-28-12-21-16-6-8-17(9-7-16)22-19(26)18-11-27-25-23-18/h2-9,11,13,21,24H,12H2,1H3,(H,22,26). The Morgan fingerprint density at radius 2 is 1.89 bits per heavy atom. The van der Waals surface area contributed by atoms with Crippen molar-refractivity contribution in [3.05, 3.63) is 70.7 Å². The van der Waals surface area contributed by atoms with Gasteiger partial charge in [0.05, 0.1) is 17.5 Å². The molecule has 2 aromatic carbocycles. The van der Waals surface area contributed by atoms with Gasteiger partial charge < -0.3 is 10.6 Å². The minimum absolute atomic E-state index is 0.164. The fourth-order valence-corrected chi connectivity index (χ4v) is 3.48. The number of carbonyl (C=O) groups is 1. The van der Waals surface area contributed by atoms with Gasteiger partial charge in [-0.25, -0.2) is 0 Å². The van der Waals surface area contributed by atoms with Gasteiger partial charge >= 0.3 is 0 Å². The molecule has 1 amide bonds. The summed E-state index contributed by atoms with van der Waals surface area (Å²) >= 11 is 2.71. The van der Waals surface area contributed by atoms with Gasteiger partial charge in [-0.2, -0.15) is 5.26 Å². The van der Waals surface area contributed by atoms with E-state index in [4.69, 9.17) is 5.26 Å². The quantitative estimate of drug-likeness (QED) is 0.293. The van der Waals surface area contributed by atoms with Crippen molar-refractivity contribution >= 4 is 40.8 Å². The highest BCUT2D eigenvalue weighted by atomic mass is 32.2. The molecule has 0 spiro atoms. The Kier molecular flexibility index (Phi) is 6.97. The molecule has 1 heterocycles. The van der Waals surface area contributed by atoms with Crippen LogP contribution in [0.25, 0.3) is 0 Å². The smallest absolute Gasteiger partial charge is 0.277 e. The van der Waals surface area contributed by atoms with Crippen LogP contribution in [-0.2, 0) is 0 Å². The van der Waals surface area contributed by atoms with Crippen molar-refractivity contribution < 1.29 is 4.79 Å². The van der Waals surface area contributed by atoms with Gasteiger partial charge in [-0.15, -0.1) is 5.10 Å². The predicted molar refractivity (Wildman–Crippen MR) is 113 cm³/mol. The van der Waals surface area contributed by atoms with Crippen molar-refractivity contribution in [1.29, 1.82) is 5.26 Å². The lowest BCUT2D eigenvalue weighted by Crippen LogP contribution is -2.13. The number of hydrogen-bond acceptors (Lipinski definition) is 8. The van der Waals surface area contributed by atoms with Gasteiger partial charge in [0.25, 0.3) is 5.91 Å². The summed E-state index contributed by atoms with van der Waals surface area (Å²) in [5.41, 5.74) is 3.75. The average Bonchev–Trinajstić information content (AvgIpc) is 3.27. The van der Waals surface area contributed by atoms with E-state index < -0.39 is 0 Å². The summed E-state index contributed by atoms with van der Waals surface area (Å²) in [6.07, 6.45) is 0. The van der Waals surface area contributed by atoms with Crippen LogP contribution in [0.15, 0.2) is 53.9 Å². The lowest BCUT2D eigenvalue weighted by atomic mass is 10.1. The third-order valence-corrected chi connectivity index (χ3v) is 5.20. The van der Waals surface area contributed by atoms with Gasteiger partial charge in [-0.3, -0.25) is 9.52 Å². The van der Waals surface area contributed by atoms with Crippen LogP contribution in [0.1, 0.15) is 34.6 Å². The van der Waals surface area contributed by atoms with Crippen LogP contribution in [0.4, 0.5) is 11.4 Å². The number of amides is 1. The van der Waals surface area contributed by atoms with Crippen LogP contribution >= 0.6 is 23.5 Å². The summed E-state index contributed by atoms with van der Waals surface area (Å²) in [4.78, 5) is 11.9. The maximum atomic E-state index is 11.9. The number of carbonyl (C=O) groups excluding carboxylic acids is 1. The van der Waals surface area contributed by atoms with Crippen LogP contribution in [0.3, 0.4) is 0 Å². The number of nitrogens with one attached hydrogen (secondary N) is 3. The van der Waals surface area contributed by atoms with E-state index in [9.17, 15) is 4.79 Å². The van der Waals surface area contributed by atoms with E-state index in [0.717, 1.165) is 22.8 Å². The molecular formula is C19H18N6OS2. The lowest BCUT2D eigenvalue weighted by molar-refractivity contribution is 0.102. The van der Waals surface area contributed by atoms with Gasteiger partial charge in [-0.05, 0) is 60.4 Å². The van der Waals surface area contributed by atoms with Crippen LogP contribution in [-0.4, -0.2) is 21.4 Å². The van der Waals surface area contributed by atoms with Gasteiger partial charge in [0, 0.05) is 22.8 Å². The number of aromatic nitrogens is 2. The summed E-state index contributed by atoms with van der Waals surface area (Å²) in [5, 5.41) is 20.3. The number of nitriles is 1. The first kappa shape index (κ1) is 19.8. The first-order valence-electron chi connectivity index (χ1n) is 8.45. The number of rotatable bonds is 8. The molecule has 1 atom stereocenters. The summed E-state index contributed by atoms with van der Waals surface area (Å²) in [5.74, 6) is 0.405. The van der Waals surface area contributed by atoms with E-state index in [1.165, 1.54) is 0 Å². The summed E-state index contributed by atoms with van der Waals surface area (Å²) in [7, 11) is 0. The molecule has 1 unspecified atom stereocenters. The van der Waals surface area contributed by atoms with Crippen LogP contribution < -0.4 is 15.4 Å². The van der Waals surface area contributed by atoms with Crippen LogP contribution in [0, 0.1) is 11.3 Å². The Labute approximate surface area is 171 Å². The van der Waals surface area contributed by atoms with E-state index in [-0.39, 0.29) is 11.9 Å². The number of benzene rings is 2. The molecule has 7 nitrogen and oxygen atoms in total. The zero-order valence-electron chi connectivity index (χ0n) is 15.0. The SMILES string of the molecule is CC(NSCNc1ccc(NC(=O)c2csnn2)cc1)c1ccc(C#N)cc1. The van der Waals surface area contributed by atoms with Crippen LogP contribution in [0.5, 0.6) is 0 Å². The average molecular weight is 411 g/mol. The molecule has 0 bridgehead atoms. The Hall–Kier alpha value is -2.93. The minimum Gasteiger partial charge on any atom is -0.375 e. The first-order valence-corrected chi connectivity index (χ1v) is 10.3. The molecule has 3 N–H and O–H groups in total. The molecule has 0 radical (unpaired) electrons. The van der Waals surface area contributed by atoms with Gasteiger partial charge in [-0.1, -0.05) is 28.6 Å². The van der Waals surface area contributed by atoms with Crippen molar-refractivity contribution in [3.63, 3.8) is 0 Å². The van der Waals surface area contributed by atoms with E-state index >= 15 is 0 Å². The first-order chi connectivity index (χ1) is 13.7. The topological polar surface area (TPSA) is 103 Å². The molecule has 3 aromatic rings. The zero-order chi connectivity index (χ0) is 19.8. The Bertz CT molecular complexity index is 936. The Morgan fingerprint density at radius 1 is 1.18 bits per heavy atom. The second-order valence-electron chi connectivity index (χ2n) is 5.86. The van der Waals surface area contributed by atoms with E-state index in [0.29, 0.717) is 22.8 Å². The molecular weight excluding hydrogens is 392 g/mol. The fourth-order valence-electron chi connectivity index (χ4n) is 2.33. The molecule has 28 heavy (non-hydrogen) atoms. The Balaban J connectivity index is 1.41.